The van der Waals surface area contributed by atoms with Crippen LogP contribution in [0, 0.1) is 0 Å². The minimum Gasteiger partial charge on any atom is -0.428 e. The van der Waals surface area contributed by atoms with Gasteiger partial charge in [0.05, 0.1) is 5.75 Å². The zero-order valence-corrected chi connectivity index (χ0v) is 11.9. The van der Waals surface area contributed by atoms with Crippen molar-refractivity contribution in [1.29, 1.82) is 0 Å². The van der Waals surface area contributed by atoms with Gasteiger partial charge in [-0.05, 0) is 30.2 Å². The van der Waals surface area contributed by atoms with E-state index in [1.165, 1.54) is 0 Å². The molecule has 3 rings (SSSR count). The molecule has 0 saturated carbocycles. The first kappa shape index (κ1) is 13.6. The minimum absolute atomic E-state index is 0.0823. The van der Waals surface area contributed by atoms with E-state index in [-0.39, 0.29) is 11.0 Å². The molecule has 0 fully saturated rings. The van der Waals surface area contributed by atoms with Crippen LogP contribution in [0.2, 0.25) is 0 Å². The van der Waals surface area contributed by atoms with Crippen molar-refractivity contribution in [2.45, 2.75) is 11.6 Å². The van der Waals surface area contributed by atoms with Crippen molar-refractivity contribution >= 4 is 26.6 Å². The molecule has 0 aliphatic heterocycles. The van der Waals surface area contributed by atoms with Gasteiger partial charge in [0, 0.05) is 24.1 Å². The van der Waals surface area contributed by atoms with Crippen molar-refractivity contribution < 1.29 is 12.8 Å². The van der Waals surface area contributed by atoms with Crippen molar-refractivity contribution in [1.82, 2.24) is 9.97 Å². The third-order valence-corrected chi connectivity index (χ3v) is 4.49. The summed E-state index contributed by atoms with van der Waals surface area (Å²) in [4.78, 5) is 7.97. The third kappa shape index (κ3) is 2.87. The van der Waals surface area contributed by atoms with Crippen molar-refractivity contribution in [3.63, 3.8) is 0 Å². The van der Waals surface area contributed by atoms with Crippen molar-refractivity contribution in [3.8, 4) is 0 Å². The zero-order chi connectivity index (χ0) is 14.9. The summed E-state index contributed by atoms with van der Waals surface area (Å²) >= 11 is 0. The number of pyridine rings is 1. The van der Waals surface area contributed by atoms with Gasteiger partial charge in [-0.25, -0.2) is 8.42 Å². The van der Waals surface area contributed by atoms with E-state index >= 15 is 0 Å². The highest BCUT2D eigenvalue weighted by atomic mass is 32.2. The first-order valence-electron chi connectivity index (χ1n) is 6.32. The Hall–Kier alpha value is -2.41. The molecule has 7 heteroatoms. The highest BCUT2D eigenvalue weighted by molar-refractivity contribution is 7.91. The van der Waals surface area contributed by atoms with Crippen LogP contribution in [0.25, 0.3) is 11.1 Å². The first-order chi connectivity index (χ1) is 10.0. The van der Waals surface area contributed by atoms with Crippen LogP contribution in [0.1, 0.15) is 5.56 Å². The van der Waals surface area contributed by atoms with E-state index in [4.69, 9.17) is 10.2 Å². The lowest BCUT2D eigenvalue weighted by Crippen LogP contribution is -2.09. The van der Waals surface area contributed by atoms with Crippen LogP contribution in [0.3, 0.4) is 0 Å². The summed E-state index contributed by atoms with van der Waals surface area (Å²) in [6, 6.07) is 8.44. The van der Waals surface area contributed by atoms with Crippen LogP contribution in [-0.2, 0) is 16.3 Å². The van der Waals surface area contributed by atoms with E-state index in [0.717, 1.165) is 5.56 Å². The van der Waals surface area contributed by atoms with E-state index < -0.39 is 9.84 Å². The number of nitrogen functional groups attached to an aromatic ring is 1. The largest absolute Gasteiger partial charge is 0.428 e. The van der Waals surface area contributed by atoms with Gasteiger partial charge in [0.1, 0.15) is 5.52 Å². The number of nitrogens with zero attached hydrogens (tertiary/aromatic N) is 2. The maximum atomic E-state index is 12.3. The molecule has 0 spiro atoms. The second-order valence-electron chi connectivity index (χ2n) is 4.64. The normalized spacial score (nSPS) is 11.8. The number of sulfone groups is 1. The van der Waals surface area contributed by atoms with Crippen molar-refractivity contribution in [2.75, 3.05) is 11.5 Å². The quantitative estimate of drug-likeness (QED) is 0.738. The monoisotopic (exact) mass is 303 g/mol. The Balaban J connectivity index is 1.86. The average Bonchev–Trinajstić information content (AvgIpc) is 2.90. The van der Waals surface area contributed by atoms with Crippen LogP contribution in [0.4, 0.5) is 5.69 Å². The molecule has 3 aromatic rings. The Morgan fingerprint density at radius 3 is 2.86 bits per heavy atom. The van der Waals surface area contributed by atoms with E-state index in [1.807, 2.05) is 6.07 Å². The van der Waals surface area contributed by atoms with Crippen LogP contribution in [0.5, 0.6) is 0 Å². The second kappa shape index (κ2) is 5.17. The van der Waals surface area contributed by atoms with E-state index in [1.54, 1.807) is 36.7 Å². The van der Waals surface area contributed by atoms with Crippen LogP contribution >= 0.6 is 0 Å². The molecule has 0 amide bonds. The van der Waals surface area contributed by atoms with Gasteiger partial charge in [0.2, 0.25) is 9.84 Å². The predicted molar refractivity (Wildman–Crippen MR) is 78.4 cm³/mol. The van der Waals surface area contributed by atoms with Gasteiger partial charge in [-0.2, -0.15) is 4.98 Å². The number of aryl methyl sites for hydroxylation is 1. The molecule has 2 N–H and O–H groups in total. The fraction of sp³-hybridized carbons (Fsp3) is 0.143. The molecule has 108 valence electrons. The number of hydrogen-bond acceptors (Lipinski definition) is 6. The molecular weight excluding hydrogens is 290 g/mol. The molecule has 0 aliphatic rings. The molecule has 0 saturated heterocycles. The first-order valence-corrected chi connectivity index (χ1v) is 7.97. The molecule has 1 aromatic carbocycles. The highest BCUT2D eigenvalue weighted by Gasteiger charge is 2.21. The summed E-state index contributed by atoms with van der Waals surface area (Å²) in [6.45, 7) is 0. The smallest absolute Gasteiger partial charge is 0.316 e. The maximum absolute atomic E-state index is 12.3. The summed E-state index contributed by atoms with van der Waals surface area (Å²) in [5.74, 6) is -0.0823. The van der Waals surface area contributed by atoms with Gasteiger partial charge < -0.3 is 10.2 Å². The summed E-state index contributed by atoms with van der Waals surface area (Å²) < 4.78 is 29.8. The zero-order valence-electron chi connectivity index (χ0n) is 11.1. The van der Waals surface area contributed by atoms with Crippen LogP contribution < -0.4 is 5.73 Å². The van der Waals surface area contributed by atoms with Gasteiger partial charge in [-0.15, -0.1) is 0 Å². The lowest BCUT2D eigenvalue weighted by atomic mass is 10.2. The van der Waals surface area contributed by atoms with E-state index in [2.05, 4.69) is 9.97 Å². The van der Waals surface area contributed by atoms with Gasteiger partial charge in [0.15, 0.2) is 5.58 Å². The topological polar surface area (TPSA) is 99.1 Å². The lowest BCUT2D eigenvalue weighted by Gasteiger charge is -2.00. The molecule has 0 atom stereocenters. The molecule has 0 bridgehead atoms. The van der Waals surface area contributed by atoms with Crippen LogP contribution in [-0.4, -0.2) is 24.1 Å². The standard InChI is InChI=1S/C14H13N3O3S/c15-11-3-4-12-13(8-11)20-14(17-12)21(18,19)7-5-10-2-1-6-16-9-10/h1-4,6,8-9H,5,7,15H2. The summed E-state index contributed by atoms with van der Waals surface area (Å²) in [6.07, 6.45) is 3.64. The highest BCUT2D eigenvalue weighted by Crippen LogP contribution is 2.22. The lowest BCUT2D eigenvalue weighted by molar-refractivity contribution is 0.458. The number of fused-ring (bicyclic) bond motifs is 1. The number of aromatic nitrogens is 2. The predicted octanol–water partition coefficient (Wildman–Crippen LogP) is 1.82. The summed E-state index contributed by atoms with van der Waals surface area (Å²) in [5, 5.41) is -0.271. The fourth-order valence-electron chi connectivity index (χ4n) is 1.94. The third-order valence-electron chi connectivity index (χ3n) is 3.04. The molecule has 21 heavy (non-hydrogen) atoms. The Morgan fingerprint density at radius 2 is 2.10 bits per heavy atom. The Morgan fingerprint density at radius 1 is 1.24 bits per heavy atom. The van der Waals surface area contributed by atoms with E-state index in [9.17, 15) is 8.42 Å². The Labute approximate surface area is 121 Å². The number of benzene rings is 1. The van der Waals surface area contributed by atoms with Gasteiger partial charge in [-0.1, -0.05) is 6.07 Å². The van der Waals surface area contributed by atoms with Crippen LogP contribution in [0.15, 0.2) is 52.4 Å². The average molecular weight is 303 g/mol. The molecule has 0 unspecified atom stereocenters. The molecule has 0 radical (unpaired) electrons. The van der Waals surface area contributed by atoms with Gasteiger partial charge >= 0.3 is 5.22 Å². The summed E-state index contributed by atoms with van der Waals surface area (Å²) in [5.41, 5.74) is 7.83. The molecule has 2 aromatic heterocycles. The molecule has 2 heterocycles. The molecule has 6 nitrogen and oxygen atoms in total. The fourth-order valence-corrected chi connectivity index (χ4v) is 3.07. The SMILES string of the molecule is Nc1ccc2nc(S(=O)(=O)CCc3cccnc3)oc2c1. The second-order valence-corrected chi connectivity index (χ2v) is 6.62. The summed E-state index contributed by atoms with van der Waals surface area (Å²) in [7, 11) is -3.58. The van der Waals surface area contributed by atoms with Crippen molar-refractivity contribution in [2.24, 2.45) is 0 Å². The van der Waals surface area contributed by atoms with Gasteiger partial charge in [-0.3, -0.25) is 4.98 Å². The number of hydrogen-bond donors (Lipinski definition) is 1. The number of anilines is 1. The Bertz CT molecular complexity index is 873. The van der Waals surface area contributed by atoms with Gasteiger partial charge in [0.25, 0.3) is 0 Å². The number of rotatable bonds is 4. The number of oxazole rings is 1. The Kier molecular flexibility index (Phi) is 3.34. The van der Waals surface area contributed by atoms with E-state index in [0.29, 0.717) is 23.2 Å². The maximum Gasteiger partial charge on any atom is 0.316 e. The number of nitrogens with two attached hydrogens (primary N) is 1. The minimum atomic E-state index is -3.58. The molecular formula is C14H13N3O3S. The van der Waals surface area contributed by atoms with Crippen molar-refractivity contribution in [3.05, 3.63) is 48.3 Å². The molecule has 0 aliphatic carbocycles.